The van der Waals surface area contributed by atoms with Crippen LogP contribution in [0.2, 0.25) is 5.02 Å². The summed E-state index contributed by atoms with van der Waals surface area (Å²) in [6, 6.07) is 21.8. The third-order valence-electron chi connectivity index (χ3n) is 7.03. The van der Waals surface area contributed by atoms with E-state index >= 15 is 0 Å². The van der Waals surface area contributed by atoms with Gasteiger partial charge in [-0.05, 0) is 61.4 Å². The van der Waals surface area contributed by atoms with Crippen molar-refractivity contribution >= 4 is 29.4 Å². The van der Waals surface area contributed by atoms with Gasteiger partial charge in [0.15, 0.2) is 5.60 Å². The van der Waals surface area contributed by atoms with Crippen LogP contribution in [0.4, 0.5) is 5.69 Å². The van der Waals surface area contributed by atoms with Gasteiger partial charge in [0.2, 0.25) is 0 Å². The van der Waals surface area contributed by atoms with Crippen molar-refractivity contribution < 1.29 is 9.90 Å². The molecular weight excluding hydrogens is 470 g/mol. The van der Waals surface area contributed by atoms with Gasteiger partial charge in [-0.2, -0.15) is 5.10 Å². The number of nitrogens with zero attached hydrogens (tertiary/aromatic N) is 2. The number of carbonyl (C=O) groups excluding carboxylic acids is 1. The molecule has 1 heterocycles. The first-order valence-corrected chi connectivity index (χ1v) is 12.8. The Kier molecular flexibility index (Phi) is 7.53. The molecule has 1 aliphatic heterocycles. The second-order valence-electron chi connectivity index (χ2n) is 10.1. The maximum absolute atomic E-state index is 13.3. The summed E-state index contributed by atoms with van der Waals surface area (Å²) in [5, 5.41) is 16.3. The van der Waals surface area contributed by atoms with Gasteiger partial charge in [0.25, 0.3) is 5.91 Å². The molecule has 1 unspecified atom stereocenters. The minimum Gasteiger partial charge on any atom is -0.372 e. The number of carbonyl (C=O) groups is 1. The lowest BCUT2D eigenvalue weighted by Crippen LogP contribution is -2.48. The normalized spacial score (nSPS) is 17.2. The molecule has 4 rings (SSSR count). The van der Waals surface area contributed by atoms with E-state index in [1.54, 1.807) is 54.7 Å². The van der Waals surface area contributed by atoms with Crippen molar-refractivity contribution in [1.82, 2.24) is 5.43 Å². The number of benzene rings is 3. The predicted octanol–water partition coefficient (Wildman–Crippen LogP) is 6.23. The van der Waals surface area contributed by atoms with Gasteiger partial charge in [-0.3, -0.25) is 4.79 Å². The van der Waals surface area contributed by atoms with Crippen molar-refractivity contribution in [3.05, 3.63) is 100 Å². The van der Waals surface area contributed by atoms with Crippen molar-refractivity contribution in [2.45, 2.75) is 57.6 Å². The molecule has 3 aromatic carbocycles. The van der Waals surface area contributed by atoms with Crippen molar-refractivity contribution in [1.29, 1.82) is 0 Å². The second kappa shape index (κ2) is 10.5. The monoisotopic (exact) mass is 503 g/mol. The average molecular weight is 504 g/mol. The summed E-state index contributed by atoms with van der Waals surface area (Å²) in [5.74, 6) is -0.280. The van der Waals surface area contributed by atoms with E-state index in [-0.39, 0.29) is 5.54 Å². The molecule has 1 amide bonds. The fraction of sp³-hybridized carbons (Fsp3) is 0.333. The van der Waals surface area contributed by atoms with Crippen molar-refractivity contribution in [3.63, 3.8) is 0 Å². The summed E-state index contributed by atoms with van der Waals surface area (Å²) < 4.78 is 0. The summed E-state index contributed by atoms with van der Waals surface area (Å²) in [6.07, 6.45) is 3.64. The maximum Gasteiger partial charge on any atom is 0.281 e. The van der Waals surface area contributed by atoms with Crippen LogP contribution < -0.4 is 10.3 Å². The summed E-state index contributed by atoms with van der Waals surface area (Å²) in [7, 11) is 0. The van der Waals surface area contributed by atoms with E-state index in [1.165, 1.54) is 5.56 Å². The summed E-state index contributed by atoms with van der Waals surface area (Å²) in [5.41, 5.74) is 4.74. The van der Waals surface area contributed by atoms with Crippen LogP contribution in [-0.4, -0.2) is 29.3 Å². The average Bonchev–Trinajstić information content (AvgIpc) is 2.87. The van der Waals surface area contributed by atoms with Gasteiger partial charge >= 0.3 is 0 Å². The molecule has 0 aromatic heterocycles. The number of amides is 1. The van der Waals surface area contributed by atoms with Gasteiger partial charge in [0.05, 0.1) is 11.2 Å². The lowest BCUT2D eigenvalue weighted by Gasteiger charge is -2.47. The Labute approximate surface area is 218 Å². The highest BCUT2D eigenvalue weighted by Crippen LogP contribution is 2.45. The highest BCUT2D eigenvalue weighted by atomic mass is 35.5. The number of hydrogen-bond acceptors (Lipinski definition) is 4. The van der Waals surface area contributed by atoms with Crippen molar-refractivity contribution in [2.24, 2.45) is 5.10 Å². The minimum absolute atomic E-state index is 0.0503. The SMILES string of the molecule is CCCN1c2cc(Cl)c(/C=N\NC(=O)C(O)(c3ccccc3)c3ccccc3)cc2C(C)CC1(C)C. The highest BCUT2D eigenvalue weighted by molar-refractivity contribution is 6.33. The fourth-order valence-corrected chi connectivity index (χ4v) is 5.50. The number of aliphatic hydroxyl groups is 1. The Hall–Kier alpha value is -3.15. The van der Waals surface area contributed by atoms with Crippen LogP contribution in [0.5, 0.6) is 0 Å². The van der Waals surface area contributed by atoms with Crippen LogP contribution in [0.25, 0.3) is 0 Å². The summed E-state index contributed by atoms with van der Waals surface area (Å²) in [4.78, 5) is 15.7. The number of rotatable bonds is 7. The van der Waals surface area contributed by atoms with Gasteiger partial charge in [0, 0.05) is 23.3 Å². The van der Waals surface area contributed by atoms with E-state index in [9.17, 15) is 9.90 Å². The van der Waals surface area contributed by atoms with Gasteiger partial charge in [-0.25, -0.2) is 5.43 Å². The van der Waals surface area contributed by atoms with Gasteiger partial charge in [-0.1, -0.05) is 86.1 Å². The number of halogens is 1. The molecule has 0 radical (unpaired) electrons. The number of nitrogens with one attached hydrogen (secondary N) is 1. The van der Waals surface area contributed by atoms with E-state index in [4.69, 9.17) is 11.6 Å². The zero-order valence-corrected chi connectivity index (χ0v) is 22.1. The first kappa shape index (κ1) is 25.9. The molecule has 188 valence electrons. The molecule has 1 atom stereocenters. The Bertz CT molecular complexity index is 1200. The molecule has 1 aliphatic rings. The molecule has 6 heteroatoms. The van der Waals surface area contributed by atoms with E-state index in [2.05, 4.69) is 49.2 Å². The van der Waals surface area contributed by atoms with Crippen molar-refractivity contribution in [2.75, 3.05) is 11.4 Å². The van der Waals surface area contributed by atoms with Crippen LogP contribution in [0.1, 0.15) is 68.7 Å². The second-order valence-corrected chi connectivity index (χ2v) is 10.6. The molecule has 0 saturated heterocycles. The van der Waals surface area contributed by atoms with E-state index in [0.717, 1.165) is 30.6 Å². The molecule has 3 aromatic rings. The molecule has 0 spiro atoms. The third kappa shape index (κ3) is 4.91. The van der Waals surface area contributed by atoms with Crippen LogP contribution in [0.3, 0.4) is 0 Å². The number of hydrazone groups is 1. The lowest BCUT2D eigenvalue weighted by molar-refractivity contribution is -0.136. The van der Waals surface area contributed by atoms with Crippen LogP contribution >= 0.6 is 11.6 Å². The smallest absolute Gasteiger partial charge is 0.281 e. The zero-order chi connectivity index (χ0) is 25.9. The van der Waals surface area contributed by atoms with Crippen LogP contribution in [0.15, 0.2) is 77.9 Å². The zero-order valence-electron chi connectivity index (χ0n) is 21.3. The largest absolute Gasteiger partial charge is 0.372 e. The molecule has 36 heavy (non-hydrogen) atoms. The number of anilines is 1. The Morgan fingerprint density at radius 3 is 2.28 bits per heavy atom. The summed E-state index contributed by atoms with van der Waals surface area (Å²) >= 11 is 6.68. The lowest BCUT2D eigenvalue weighted by atomic mass is 9.79. The first-order valence-electron chi connectivity index (χ1n) is 12.5. The molecule has 0 aliphatic carbocycles. The standard InChI is InChI=1S/C30H34ClN3O2/c1-5-16-34-27-18-26(31)22(17-25(27)21(2)19-29(34,3)4)20-32-33-28(35)30(36,23-12-8-6-9-13-23)24-14-10-7-11-15-24/h6-15,17-18,20-21,36H,5,16,19H2,1-4H3,(H,33,35)/b32-20-. The Morgan fingerprint density at radius 2 is 1.72 bits per heavy atom. The highest BCUT2D eigenvalue weighted by Gasteiger charge is 2.40. The van der Waals surface area contributed by atoms with E-state index in [1.807, 2.05) is 18.2 Å². The van der Waals surface area contributed by atoms with E-state index < -0.39 is 11.5 Å². The van der Waals surface area contributed by atoms with E-state index in [0.29, 0.717) is 22.1 Å². The number of hydrogen-bond donors (Lipinski definition) is 2. The van der Waals surface area contributed by atoms with Gasteiger partial charge < -0.3 is 10.0 Å². The molecule has 0 fully saturated rings. The molecule has 2 N–H and O–H groups in total. The summed E-state index contributed by atoms with van der Waals surface area (Å²) in [6.45, 7) is 9.94. The van der Waals surface area contributed by atoms with Crippen molar-refractivity contribution in [3.8, 4) is 0 Å². The number of fused-ring (bicyclic) bond motifs is 1. The minimum atomic E-state index is -1.89. The maximum atomic E-state index is 13.3. The van der Waals surface area contributed by atoms with Gasteiger partial charge in [0.1, 0.15) is 0 Å². The van der Waals surface area contributed by atoms with Crippen LogP contribution in [0, 0.1) is 0 Å². The van der Waals surface area contributed by atoms with Gasteiger partial charge in [-0.15, -0.1) is 0 Å². The Morgan fingerprint density at radius 1 is 1.14 bits per heavy atom. The Balaban J connectivity index is 1.62. The third-order valence-corrected chi connectivity index (χ3v) is 7.36. The topological polar surface area (TPSA) is 64.9 Å². The van der Waals surface area contributed by atoms with Crippen LogP contribution in [-0.2, 0) is 10.4 Å². The molecule has 0 saturated carbocycles. The molecular formula is C30H34ClN3O2. The molecule has 5 nitrogen and oxygen atoms in total. The fourth-order valence-electron chi connectivity index (χ4n) is 5.30. The predicted molar refractivity (Wildman–Crippen MR) is 148 cm³/mol. The molecule has 0 bridgehead atoms. The quantitative estimate of drug-likeness (QED) is 0.297. The first-order chi connectivity index (χ1) is 17.2.